The normalized spacial score (nSPS) is 20.5. The Morgan fingerprint density at radius 3 is 2.27 bits per heavy atom. The number of carbonyl (C=O) groups excluding carboxylic acids is 3. The average Bonchev–Trinajstić information content (AvgIpc) is 2.82. The standard InChI is InChI=1S/C18H32N2O6/c1-8-24-18(12-10-14(22)25-18)20(13(21)9-11-16(2,3)4)19-15(23)26-17(5,6)7/h8-12H2,1-7H3,(H,19,23). The number of esters is 1. The lowest BCUT2D eigenvalue weighted by molar-refractivity contribution is -0.287. The van der Waals surface area contributed by atoms with E-state index >= 15 is 0 Å². The summed E-state index contributed by atoms with van der Waals surface area (Å²) in [5.74, 6) is -2.54. The maximum atomic E-state index is 12.8. The molecular formula is C18H32N2O6. The van der Waals surface area contributed by atoms with Crippen molar-refractivity contribution in [3.05, 3.63) is 0 Å². The topological polar surface area (TPSA) is 94.2 Å². The molecule has 1 unspecified atom stereocenters. The van der Waals surface area contributed by atoms with Gasteiger partial charge in [-0.15, -0.1) is 0 Å². The third-order valence-corrected chi connectivity index (χ3v) is 3.57. The molecule has 8 nitrogen and oxygen atoms in total. The molecule has 0 radical (unpaired) electrons. The highest BCUT2D eigenvalue weighted by Crippen LogP contribution is 2.32. The Hall–Kier alpha value is -1.83. The summed E-state index contributed by atoms with van der Waals surface area (Å²) in [6.45, 7) is 13.1. The van der Waals surface area contributed by atoms with Crippen molar-refractivity contribution in [1.29, 1.82) is 0 Å². The van der Waals surface area contributed by atoms with Gasteiger partial charge in [0.05, 0.1) is 13.0 Å². The first-order valence-corrected chi connectivity index (χ1v) is 8.96. The van der Waals surface area contributed by atoms with E-state index in [9.17, 15) is 14.4 Å². The quantitative estimate of drug-likeness (QED) is 0.453. The molecule has 1 N–H and O–H groups in total. The Morgan fingerprint density at radius 2 is 1.85 bits per heavy atom. The second-order valence-electron chi connectivity index (χ2n) is 8.52. The summed E-state index contributed by atoms with van der Waals surface area (Å²) in [7, 11) is 0. The SMILES string of the molecule is CCOC1(N(NC(=O)OC(C)(C)C)C(=O)CCC(C)(C)C)CCC(=O)O1. The minimum atomic E-state index is -1.64. The number of hydrogen-bond acceptors (Lipinski definition) is 6. The number of cyclic esters (lactones) is 1. The Bertz CT molecular complexity index is 535. The number of hydrazine groups is 1. The van der Waals surface area contributed by atoms with Gasteiger partial charge in [0.1, 0.15) is 5.60 Å². The van der Waals surface area contributed by atoms with Crippen LogP contribution < -0.4 is 5.43 Å². The van der Waals surface area contributed by atoms with Gasteiger partial charge in [-0.25, -0.2) is 10.2 Å². The molecule has 0 aromatic rings. The molecule has 8 heteroatoms. The van der Waals surface area contributed by atoms with E-state index in [1.54, 1.807) is 27.7 Å². The number of carbonyl (C=O) groups is 3. The Balaban J connectivity index is 3.05. The van der Waals surface area contributed by atoms with Gasteiger partial charge < -0.3 is 14.2 Å². The summed E-state index contributed by atoms with van der Waals surface area (Å²) in [6.07, 6.45) is 0.166. The summed E-state index contributed by atoms with van der Waals surface area (Å²) in [4.78, 5) is 36.8. The van der Waals surface area contributed by atoms with Gasteiger partial charge >= 0.3 is 18.0 Å². The van der Waals surface area contributed by atoms with Crippen LogP contribution in [-0.4, -0.2) is 41.1 Å². The molecule has 0 aromatic carbocycles. The molecule has 1 rings (SSSR count). The van der Waals surface area contributed by atoms with E-state index in [1.165, 1.54) is 0 Å². The van der Waals surface area contributed by atoms with Gasteiger partial charge in [0, 0.05) is 12.8 Å². The fourth-order valence-corrected chi connectivity index (χ4v) is 2.41. The number of nitrogens with zero attached hydrogens (tertiary/aromatic N) is 1. The molecule has 150 valence electrons. The van der Waals surface area contributed by atoms with Crippen LogP contribution in [0.1, 0.15) is 74.1 Å². The Morgan fingerprint density at radius 1 is 1.23 bits per heavy atom. The van der Waals surface area contributed by atoms with Crippen LogP contribution in [0.5, 0.6) is 0 Å². The van der Waals surface area contributed by atoms with Crippen molar-refractivity contribution in [3.63, 3.8) is 0 Å². The first-order chi connectivity index (χ1) is 11.8. The molecule has 0 bridgehead atoms. The Labute approximate surface area is 155 Å². The van der Waals surface area contributed by atoms with Crippen molar-refractivity contribution < 1.29 is 28.6 Å². The van der Waals surface area contributed by atoms with Crippen LogP contribution in [0, 0.1) is 5.41 Å². The second kappa shape index (κ2) is 8.24. The van der Waals surface area contributed by atoms with Gasteiger partial charge in [0.2, 0.25) is 5.91 Å². The van der Waals surface area contributed by atoms with Crippen LogP contribution in [0.25, 0.3) is 0 Å². The van der Waals surface area contributed by atoms with E-state index in [1.807, 2.05) is 20.8 Å². The zero-order chi connectivity index (χ0) is 20.2. The molecule has 1 fully saturated rings. The molecule has 1 heterocycles. The van der Waals surface area contributed by atoms with E-state index in [-0.39, 0.29) is 31.3 Å². The summed E-state index contributed by atoms with van der Waals surface area (Å²) in [6, 6.07) is 0. The molecule has 1 saturated heterocycles. The average molecular weight is 372 g/mol. The highest BCUT2D eigenvalue weighted by atomic mass is 16.7. The van der Waals surface area contributed by atoms with Crippen molar-refractivity contribution >= 4 is 18.0 Å². The highest BCUT2D eigenvalue weighted by molar-refractivity contribution is 5.81. The summed E-state index contributed by atoms with van der Waals surface area (Å²) in [5.41, 5.74) is 1.61. The monoisotopic (exact) mass is 372 g/mol. The van der Waals surface area contributed by atoms with Crippen molar-refractivity contribution in [1.82, 2.24) is 10.4 Å². The summed E-state index contributed by atoms with van der Waals surface area (Å²) in [5, 5.41) is 0.973. The lowest BCUT2D eigenvalue weighted by atomic mass is 9.90. The van der Waals surface area contributed by atoms with E-state index in [0.717, 1.165) is 5.01 Å². The molecular weight excluding hydrogens is 340 g/mol. The van der Waals surface area contributed by atoms with Crippen LogP contribution in [0.3, 0.4) is 0 Å². The lowest BCUT2D eigenvalue weighted by Gasteiger charge is -2.38. The molecule has 1 aliphatic heterocycles. The van der Waals surface area contributed by atoms with E-state index < -0.39 is 29.5 Å². The number of ether oxygens (including phenoxy) is 3. The molecule has 0 spiro atoms. The second-order valence-corrected chi connectivity index (χ2v) is 8.52. The van der Waals surface area contributed by atoms with Crippen LogP contribution in [-0.2, 0) is 23.8 Å². The van der Waals surface area contributed by atoms with Crippen molar-refractivity contribution in [2.45, 2.75) is 85.7 Å². The maximum absolute atomic E-state index is 12.8. The smallest absolute Gasteiger partial charge is 0.426 e. The largest absolute Gasteiger partial charge is 0.443 e. The van der Waals surface area contributed by atoms with Crippen molar-refractivity contribution in [3.8, 4) is 0 Å². The maximum Gasteiger partial charge on any atom is 0.426 e. The van der Waals surface area contributed by atoms with Gasteiger partial charge in [-0.1, -0.05) is 20.8 Å². The fraction of sp³-hybridized carbons (Fsp3) is 0.833. The zero-order valence-electron chi connectivity index (χ0n) is 16.9. The van der Waals surface area contributed by atoms with Gasteiger partial charge in [-0.3, -0.25) is 9.59 Å². The van der Waals surface area contributed by atoms with Gasteiger partial charge in [-0.05, 0) is 39.5 Å². The van der Waals surface area contributed by atoms with Crippen molar-refractivity contribution in [2.75, 3.05) is 6.61 Å². The Kier molecular flexibility index (Phi) is 7.04. The van der Waals surface area contributed by atoms with Gasteiger partial charge in [0.25, 0.3) is 0 Å². The number of rotatable bonds is 5. The van der Waals surface area contributed by atoms with Crippen LogP contribution in [0.4, 0.5) is 4.79 Å². The predicted octanol–water partition coefficient (Wildman–Crippen LogP) is 3.11. The van der Waals surface area contributed by atoms with Crippen LogP contribution in [0.2, 0.25) is 0 Å². The van der Waals surface area contributed by atoms with Gasteiger partial charge in [0.15, 0.2) is 0 Å². The fourth-order valence-electron chi connectivity index (χ4n) is 2.41. The lowest BCUT2D eigenvalue weighted by Crippen LogP contribution is -2.61. The zero-order valence-corrected chi connectivity index (χ0v) is 16.9. The van der Waals surface area contributed by atoms with E-state index in [4.69, 9.17) is 14.2 Å². The minimum Gasteiger partial charge on any atom is -0.443 e. The molecule has 0 saturated carbocycles. The molecule has 26 heavy (non-hydrogen) atoms. The third kappa shape index (κ3) is 6.82. The van der Waals surface area contributed by atoms with Gasteiger partial charge in [-0.2, -0.15) is 5.01 Å². The molecule has 0 aromatic heterocycles. The first-order valence-electron chi connectivity index (χ1n) is 8.96. The number of nitrogens with one attached hydrogen (secondary N) is 1. The molecule has 2 amide bonds. The van der Waals surface area contributed by atoms with E-state index in [0.29, 0.717) is 6.42 Å². The predicted molar refractivity (Wildman–Crippen MR) is 94.6 cm³/mol. The number of amides is 2. The molecule has 0 aliphatic carbocycles. The highest BCUT2D eigenvalue weighted by Gasteiger charge is 2.50. The van der Waals surface area contributed by atoms with E-state index in [2.05, 4.69) is 5.43 Å². The molecule has 1 atom stereocenters. The minimum absolute atomic E-state index is 0.0711. The summed E-state index contributed by atoms with van der Waals surface area (Å²) < 4.78 is 16.1. The first kappa shape index (κ1) is 22.2. The molecule has 1 aliphatic rings. The summed E-state index contributed by atoms with van der Waals surface area (Å²) >= 11 is 0. The van der Waals surface area contributed by atoms with Crippen molar-refractivity contribution in [2.24, 2.45) is 5.41 Å². The third-order valence-electron chi connectivity index (χ3n) is 3.57. The van der Waals surface area contributed by atoms with Crippen LogP contribution >= 0.6 is 0 Å². The number of hydrogen-bond donors (Lipinski definition) is 1. The van der Waals surface area contributed by atoms with Crippen LogP contribution in [0.15, 0.2) is 0 Å².